The van der Waals surface area contributed by atoms with E-state index in [9.17, 15) is 4.79 Å². The third-order valence-electron chi connectivity index (χ3n) is 3.15. The standard InChI is InChI=1S/C11H18N4O2S/c16-10(17)7-3-4-8-18-11-12-13-14-15(11)9-5-1-2-6-9/h9H,1-8H2,(H,16,17). The molecule has 0 atom stereocenters. The van der Waals surface area contributed by atoms with E-state index in [-0.39, 0.29) is 6.42 Å². The number of aromatic nitrogens is 4. The van der Waals surface area contributed by atoms with Crippen molar-refractivity contribution in [1.82, 2.24) is 20.2 Å². The fourth-order valence-electron chi connectivity index (χ4n) is 2.20. The first kappa shape index (κ1) is 13.3. The second-order valence-electron chi connectivity index (χ2n) is 4.54. The summed E-state index contributed by atoms with van der Waals surface area (Å²) in [5.74, 6) is 0.149. The van der Waals surface area contributed by atoms with Crippen molar-refractivity contribution in [3.8, 4) is 0 Å². The summed E-state index contributed by atoms with van der Waals surface area (Å²) in [6, 6.07) is 0.460. The molecule has 0 aliphatic heterocycles. The van der Waals surface area contributed by atoms with Gasteiger partial charge in [0.1, 0.15) is 0 Å². The van der Waals surface area contributed by atoms with Crippen LogP contribution in [0.5, 0.6) is 0 Å². The lowest BCUT2D eigenvalue weighted by Gasteiger charge is -2.10. The van der Waals surface area contributed by atoms with Gasteiger partial charge in [0.25, 0.3) is 0 Å². The summed E-state index contributed by atoms with van der Waals surface area (Å²) in [4.78, 5) is 10.4. The molecule has 1 aromatic heterocycles. The van der Waals surface area contributed by atoms with Crippen LogP contribution in [0.4, 0.5) is 0 Å². The zero-order chi connectivity index (χ0) is 12.8. The van der Waals surface area contributed by atoms with Crippen molar-refractivity contribution in [3.63, 3.8) is 0 Å². The highest BCUT2D eigenvalue weighted by Crippen LogP contribution is 2.31. The SMILES string of the molecule is O=C(O)CCCCSc1nnnn1C1CCCC1. The molecule has 18 heavy (non-hydrogen) atoms. The minimum Gasteiger partial charge on any atom is -0.481 e. The van der Waals surface area contributed by atoms with Gasteiger partial charge in [-0.2, -0.15) is 0 Å². The van der Waals surface area contributed by atoms with Crippen LogP contribution < -0.4 is 0 Å². The Bertz CT molecular complexity index is 390. The van der Waals surface area contributed by atoms with E-state index in [1.807, 2.05) is 4.68 Å². The van der Waals surface area contributed by atoms with Crippen LogP contribution in [0, 0.1) is 0 Å². The van der Waals surface area contributed by atoms with Crippen LogP contribution in [0.1, 0.15) is 51.0 Å². The van der Waals surface area contributed by atoms with E-state index >= 15 is 0 Å². The highest BCUT2D eigenvalue weighted by Gasteiger charge is 2.21. The van der Waals surface area contributed by atoms with E-state index in [0.29, 0.717) is 12.5 Å². The van der Waals surface area contributed by atoms with Crippen LogP contribution in [0.2, 0.25) is 0 Å². The van der Waals surface area contributed by atoms with Crippen LogP contribution in [0.15, 0.2) is 5.16 Å². The Morgan fingerprint density at radius 1 is 1.39 bits per heavy atom. The Kier molecular flexibility index (Phi) is 4.98. The second-order valence-corrected chi connectivity index (χ2v) is 5.61. The summed E-state index contributed by atoms with van der Waals surface area (Å²) in [5, 5.41) is 21.3. The van der Waals surface area contributed by atoms with E-state index < -0.39 is 5.97 Å². The van der Waals surface area contributed by atoms with Gasteiger partial charge in [-0.15, -0.1) is 5.10 Å². The molecule has 1 heterocycles. The Morgan fingerprint density at radius 3 is 2.89 bits per heavy atom. The molecule has 100 valence electrons. The smallest absolute Gasteiger partial charge is 0.303 e. The van der Waals surface area contributed by atoms with E-state index in [4.69, 9.17) is 5.11 Å². The third kappa shape index (κ3) is 3.69. The van der Waals surface area contributed by atoms with Crippen molar-refractivity contribution in [3.05, 3.63) is 0 Å². The van der Waals surface area contributed by atoms with Gasteiger partial charge in [-0.3, -0.25) is 4.79 Å². The predicted molar refractivity (Wildman–Crippen MR) is 67.5 cm³/mol. The van der Waals surface area contributed by atoms with Gasteiger partial charge in [0.15, 0.2) is 0 Å². The molecule has 1 aliphatic carbocycles. The Labute approximate surface area is 110 Å². The van der Waals surface area contributed by atoms with E-state index in [1.54, 1.807) is 11.8 Å². The van der Waals surface area contributed by atoms with Crippen molar-refractivity contribution in [2.24, 2.45) is 0 Å². The number of carbonyl (C=O) groups is 1. The van der Waals surface area contributed by atoms with Gasteiger partial charge in [0.05, 0.1) is 6.04 Å². The molecule has 0 aromatic carbocycles. The van der Waals surface area contributed by atoms with Crippen molar-refractivity contribution >= 4 is 17.7 Å². The summed E-state index contributed by atoms with van der Waals surface area (Å²) in [6.45, 7) is 0. The summed E-state index contributed by atoms with van der Waals surface area (Å²) >= 11 is 1.63. The molecule has 0 amide bonds. The number of hydrogen-bond acceptors (Lipinski definition) is 5. The molecule has 6 nitrogen and oxygen atoms in total. The lowest BCUT2D eigenvalue weighted by Crippen LogP contribution is -2.08. The van der Waals surface area contributed by atoms with Gasteiger partial charge in [-0.25, -0.2) is 4.68 Å². The van der Waals surface area contributed by atoms with Crippen LogP contribution in [-0.4, -0.2) is 37.0 Å². The van der Waals surface area contributed by atoms with Crippen molar-refractivity contribution in [2.75, 3.05) is 5.75 Å². The number of hydrogen-bond donors (Lipinski definition) is 1. The number of carboxylic acid groups (broad SMARTS) is 1. The van der Waals surface area contributed by atoms with Crippen LogP contribution in [0.3, 0.4) is 0 Å². The number of aliphatic carboxylic acids is 1. The average Bonchev–Trinajstić information content (AvgIpc) is 2.97. The molecule has 1 aromatic rings. The van der Waals surface area contributed by atoms with Crippen LogP contribution >= 0.6 is 11.8 Å². The zero-order valence-corrected chi connectivity index (χ0v) is 11.1. The summed E-state index contributed by atoms with van der Waals surface area (Å²) in [5.41, 5.74) is 0. The summed E-state index contributed by atoms with van der Waals surface area (Å²) in [6.07, 6.45) is 6.69. The highest BCUT2D eigenvalue weighted by atomic mass is 32.2. The monoisotopic (exact) mass is 270 g/mol. The van der Waals surface area contributed by atoms with Gasteiger partial charge in [-0.05, 0) is 36.1 Å². The Balaban J connectivity index is 1.75. The molecule has 2 rings (SSSR count). The number of carboxylic acids is 1. The third-order valence-corrected chi connectivity index (χ3v) is 4.17. The lowest BCUT2D eigenvalue weighted by molar-refractivity contribution is -0.137. The first-order valence-corrected chi connectivity index (χ1v) is 7.38. The molecule has 7 heteroatoms. The molecule has 0 spiro atoms. The molecular formula is C11H18N4O2S. The molecule has 0 bridgehead atoms. The number of tetrazole rings is 1. The highest BCUT2D eigenvalue weighted by molar-refractivity contribution is 7.99. The first-order valence-electron chi connectivity index (χ1n) is 6.40. The minimum atomic E-state index is -0.726. The number of thioether (sulfide) groups is 1. The number of nitrogens with zero attached hydrogens (tertiary/aromatic N) is 4. The van der Waals surface area contributed by atoms with Gasteiger partial charge in [0.2, 0.25) is 5.16 Å². The molecule has 0 saturated heterocycles. The molecule has 1 N–H and O–H groups in total. The molecule has 1 saturated carbocycles. The predicted octanol–water partition coefficient (Wildman–Crippen LogP) is 2.14. The van der Waals surface area contributed by atoms with Crippen molar-refractivity contribution in [1.29, 1.82) is 0 Å². The van der Waals surface area contributed by atoms with E-state index in [0.717, 1.165) is 30.2 Å². The quantitative estimate of drug-likeness (QED) is 0.604. The maximum atomic E-state index is 10.4. The molecular weight excluding hydrogens is 252 g/mol. The Morgan fingerprint density at radius 2 is 2.17 bits per heavy atom. The maximum absolute atomic E-state index is 10.4. The maximum Gasteiger partial charge on any atom is 0.303 e. The molecule has 1 fully saturated rings. The van der Waals surface area contributed by atoms with Gasteiger partial charge in [-0.1, -0.05) is 24.6 Å². The van der Waals surface area contributed by atoms with E-state index in [1.165, 1.54) is 12.8 Å². The second kappa shape index (κ2) is 6.72. The summed E-state index contributed by atoms with van der Waals surface area (Å²) in [7, 11) is 0. The molecule has 1 aliphatic rings. The largest absolute Gasteiger partial charge is 0.481 e. The summed E-state index contributed by atoms with van der Waals surface area (Å²) < 4.78 is 1.94. The van der Waals surface area contributed by atoms with Crippen LogP contribution in [0.25, 0.3) is 0 Å². The topological polar surface area (TPSA) is 80.9 Å². The van der Waals surface area contributed by atoms with Crippen molar-refractivity contribution in [2.45, 2.75) is 56.1 Å². The van der Waals surface area contributed by atoms with Gasteiger partial charge < -0.3 is 5.11 Å². The average molecular weight is 270 g/mol. The lowest BCUT2D eigenvalue weighted by atomic mass is 10.2. The van der Waals surface area contributed by atoms with Crippen LogP contribution in [-0.2, 0) is 4.79 Å². The number of rotatable bonds is 7. The minimum absolute atomic E-state index is 0.244. The first-order chi connectivity index (χ1) is 8.77. The fourth-order valence-corrected chi connectivity index (χ4v) is 3.14. The van der Waals surface area contributed by atoms with Gasteiger partial charge >= 0.3 is 5.97 Å². The fraction of sp³-hybridized carbons (Fsp3) is 0.818. The zero-order valence-electron chi connectivity index (χ0n) is 10.3. The van der Waals surface area contributed by atoms with Crippen molar-refractivity contribution < 1.29 is 9.90 Å². The normalized spacial score (nSPS) is 16.2. The number of unbranched alkanes of at least 4 members (excludes halogenated alkanes) is 1. The molecule has 0 unspecified atom stereocenters. The Hall–Kier alpha value is -1.11. The van der Waals surface area contributed by atoms with Gasteiger partial charge in [0, 0.05) is 12.2 Å². The van der Waals surface area contributed by atoms with E-state index in [2.05, 4.69) is 15.5 Å². The molecule has 0 radical (unpaired) electrons.